The number of hydrogen-bond acceptors (Lipinski definition) is 18. The van der Waals surface area contributed by atoms with Gasteiger partial charge in [-0.2, -0.15) is 15.3 Å². The molecule has 86 heavy (non-hydrogen) atoms. The molecule has 11 heterocycles. The molecule has 4 N–H and O–H groups in total. The number of H-pyrrole nitrogens is 3. The Morgan fingerprint density at radius 3 is 1.31 bits per heavy atom. The number of rotatable bonds is 10. The summed E-state index contributed by atoms with van der Waals surface area (Å²) >= 11 is 4.26. The molecule has 0 unspecified atom stereocenters. The number of aromatic carboxylic acids is 1. The summed E-state index contributed by atoms with van der Waals surface area (Å²) in [5.41, 5.74) is 15.1. The SMILES string of the molecule is COC(=O)c1nc(-c2[nH]nc3c(C)cc(C)cc23)sc1-c1cccnc1.Cc1cc(C)c2n[nH]c(-c3nc(C(=O)N4CC(N5CCN(C)CC5)C4)c(-c4cccnc4)s3)c2c1.Cc1cc(C)c2n[nH]c(-c3nc(C(=O)O)c(-c4cccnc4)s3)c2c1. The lowest BCUT2D eigenvalue weighted by Gasteiger charge is -2.47. The van der Waals surface area contributed by atoms with Crippen molar-refractivity contribution < 1.29 is 24.2 Å². The van der Waals surface area contributed by atoms with Gasteiger partial charge in [0.05, 0.1) is 38.3 Å². The number of carbonyl (C=O) groups is 3. The van der Waals surface area contributed by atoms with E-state index in [1.165, 1.54) is 46.7 Å². The van der Waals surface area contributed by atoms with Crippen LogP contribution < -0.4 is 0 Å². The Hall–Kier alpha value is -9.26. The molecular formula is C63H59N15O5S3. The van der Waals surface area contributed by atoms with Gasteiger partial charge in [-0.1, -0.05) is 53.1 Å². The van der Waals surface area contributed by atoms with Crippen LogP contribution in [0, 0.1) is 41.5 Å². The number of carbonyl (C=O) groups excluding carboxylic acids is 2. The van der Waals surface area contributed by atoms with Crippen LogP contribution in [-0.2, 0) is 4.74 Å². The molecule has 2 aliphatic heterocycles. The smallest absolute Gasteiger partial charge is 0.358 e. The first-order chi connectivity index (χ1) is 41.6. The van der Waals surface area contributed by atoms with Crippen molar-refractivity contribution in [3.8, 4) is 63.4 Å². The number of aromatic amines is 3. The number of fused-ring (bicyclic) bond motifs is 3. The van der Waals surface area contributed by atoms with Crippen LogP contribution in [0.4, 0.5) is 0 Å². The maximum absolute atomic E-state index is 13.7. The van der Waals surface area contributed by atoms with Crippen molar-refractivity contribution in [3.63, 3.8) is 0 Å². The van der Waals surface area contributed by atoms with Gasteiger partial charge in [0, 0.05) is 115 Å². The molecule has 0 saturated carbocycles. The molecule has 1 amide bonds. The molecule has 12 aromatic rings. The number of piperazine rings is 1. The van der Waals surface area contributed by atoms with Crippen LogP contribution in [0.2, 0.25) is 0 Å². The highest BCUT2D eigenvalue weighted by atomic mass is 32.1. The van der Waals surface area contributed by atoms with Gasteiger partial charge in [0.1, 0.15) is 37.8 Å². The molecule has 14 rings (SSSR count). The monoisotopic (exact) mass is 1200 g/mol. The van der Waals surface area contributed by atoms with E-state index in [9.17, 15) is 19.5 Å². The van der Waals surface area contributed by atoms with Crippen LogP contribution in [0.5, 0.6) is 0 Å². The fourth-order valence-corrected chi connectivity index (χ4v) is 14.1. The van der Waals surface area contributed by atoms with E-state index in [0.717, 1.165) is 148 Å². The first-order valence-corrected chi connectivity index (χ1v) is 30.2. The summed E-state index contributed by atoms with van der Waals surface area (Å²) in [6.45, 7) is 18.1. The Labute approximate surface area is 506 Å². The Kier molecular flexibility index (Phi) is 16.0. The second kappa shape index (κ2) is 24.0. The number of thiazole rings is 3. The summed E-state index contributed by atoms with van der Waals surface area (Å²) < 4.78 is 4.91. The van der Waals surface area contributed by atoms with Crippen LogP contribution in [0.15, 0.2) is 110 Å². The maximum Gasteiger partial charge on any atom is 0.358 e. The highest BCUT2D eigenvalue weighted by Gasteiger charge is 2.38. The number of pyridine rings is 3. The van der Waals surface area contributed by atoms with Crippen molar-refractivity contribution in [1.82, 2.24) is 75.2 Å². The van der Waals surface area contributed by atoms with E-state index in [1.807, 2.05) is 69.0 Å². The normalized spacial score (nSPS) is 13.8. The van der Waals surface area contributed by atoms with Gasteiger partial charge in [0.2, 0.25) is 0 Å². The zero-order chi connectivity index (χ0) is 59.9. The average Bonchev–Trinajstić information content (AvgIpc) is 3.21. The fourth-order valence-electron chi connectivity index (χ4n) is 11.0. The summed E-state index contributed by atoms with van der Waals surface area (Å²) in [4.78, 5) is 72.8. The molecule has 2 fully saturated rings. The quantitative estimate of drug-likeness (QED) is 0.0929. The molecule has 0 bridgehead atoms. The lowest BCUT2D eigenvalue weighted by molar-refractivity contribution is 0.0108. The maximum atomic E-state index is 13.7. The number of aromatic nitrogens is 12. The topological polar surface area (TPSA) is 254 Å². The van der Waals surface area contributed by atoms with Crippen LogP contribution in [0.3, 0.4) is 0 Å². The molecule has 3 aromatic carbocycles. The summed E-state index contributed by atoms with van der Waals surface area (Å²) in [5, 5.41) is 37.2. The third kappa shape index (κ3) is 11.3. The predicted octanol–water partition coefficient (Wildman–Crippen LogP) is 11.7. The van der Waals surface area contributed by atoms with Crippen molar-refractivity contribution in [3.05, 3.63) is 160 Å². The first-order valence-electron chi connectivity index (χ1n) is 27.7. The van der Waals surface area contributed by atoms with E-state index < -0.39 is 11.9 Å². The Balaban J connectivity index is 0.000000129. The van der Waals surface area contributed by atoms with E-state index in [0.29, 0.717) is 26.6 Å². The number of methoxy groups -OCH3 is 1. The van der Waals surface area contributed by atoms with E-state index in [1.54, 1.807) is 43.2 Å². The minimum atomic E-state index is -1.06. The van der Waals surface area contributed by atoms with Crippen LogP contribution >= 0.6 is 34.0 Å². The number of aryl methyl sites for hydroxylation is 6. The number of benzene rings is 3. The molecule has 0 aliphatic carbocycles. The number of amides is 1. The third-order valence-corrected chi connectivity index (χ3v) is 18.6. The zero-order valence-corrected chi connectivity index (χ0v) is 50.8. The van der Waals surface area contributed by atoms with Gasteiger partial charge < -0.3 is 19.6 Å². The summed E-state index contributed by atoms with van der Waals surface area (Å²) in [5.74, 6) is -1.53. The molecule has 9 aromatic heterocycles. The van der Waals surface area contributed by atoms with Crippen molar-refractivity contribution in [2.24, 2.45) is 0 Å². The highest BCUT2D eigenvalue weighted by molar-refractivity contribution is 7.19. The summed E-state index contributed by atoms with van der Waals surface area (Å²) in [6, 6.07) is 24.2. The number of hydrogen-bond donors (Lipinski definition) is 4. The number of nitrogens with one attached hydrogen (secondary N) is 3. The lowest BCUT2D eigenvalue weighted by Crippen LogP contribution is -2.64. The minimum Gasteiger partial charge on any atom is -0.476 e. The number of nitrogens with zero attached hydrogens (tertiary/aromatic N) is 12. The third-order valence-electron chi connectivity index (χ3n) is 15.3. The van der Waals surface area contributed by atoms with Gasteiger partial charge in [-0.05, 0) is 102 Å². The molecule has 0 atom stereocenters. The summed E-state index contributed by atoms with van der Waals surface area (Å²) in [7, 11) is 3.52. The van der Waals surface area contributed by atoms with Crippen LogP contribution in [-0.4, -0.2) is 158 Å². The predicted molar refractivity (Wildman–Crippen MR) is 337 cm³/mol. The Bertz CT molecular complexity index is 4500. The van der Waals surface area contributed by atoms with E-state index >= 15 is 0 Å². The fraction of sp³-hybridized carbons (Fsp3) is 0.238. The molecule has 2 aliphatic rings. The van der Waals surface area contributed by atoms with Crippen molar-refractivity contribution >= 4 is 84.6 Å². The van der Waals surface area contributed by atoms with Crippen molar-refractivity contribution in [2.75, 3.05) is 53.4 Å². The Morgan fingerprint density at radius 1 is 0.547 bits per heavy atom. The molecule has 20 nitrogen and oxygen atoms in total. The van der Waals surface area contributed by atoms with E-state index in [-0.39, 0.29) is 17.3 Å². The first kappa shape index (κ1) is 57.2. The molecule has 23 heteroatoms. The largest absolute Gasteiger partial charge is 0.476 e. The lowest BCUT2D eigenvalue weighted by atomic mass is 10.0. The number of likely N-dealkylation sites (tertiary alicyclic amines) is 1. The van der Waals surface area contributed by atoms with E-state index in [2.05, 4.69) is 117 Å². The van der Waals surface area contributed by atoms with Crippen LogP contribution in [0.25, 0.3) is 96.1 Å². The van der Waals surface area contributed by atoms with Gasteiger partial charge >= 0.3 is 11.9 Å². The van der Waals surface area contributed by atoms with Gasteiger partial charge in [-0.25, -0.2) is 24.5 Å². The molecule has 2 saturated heterocycles. The number of carboxylic acids is 1. The number of likely N-dealkylation sites (N-methyl/N-ethyl adjacent to an activating group) is 1. The van der Waals surface area contributed by atoms with Crippen molar-refractivity contribution in [2.45, 2.75) is 47.6 Å². The molecular weight excluding hydrogens is 1140 g/mol. The second-order valence-corrected chi connectivity index (χ2v) is 24.5. The molecule has 434 valence electrons. The molecule has 0 spiro atoms. The van der Waals surface area contributed by atoms with Gasteiger partial charge in [-0.3, -0.25) is 39.9 Å². The Morgan fingerprint density at radius 2 is 0.930 bits per heavy atom. The number of ether oxygens (including phenoxy) is 1. The highest BCUT2D eigenvalue weighted by Crippen LogP contribution is 2.42. The second-order valence-electron chi connectivity index (χ2n) is 21.5. The number of esters is 1. The minimum absolute atomic E-state index is 0.00656. The molecule has 0 radical (unpaired) electrons. The standard InChI is InChI=1S/C26H29N7OS.C19H16N4O2S.C18H14N4O2S/c1-16-11-17(2)21-20(12-16)22(30-29-21)25-28-23(24(35-25)18-5-4-6-27-13-18)26(34)33-14-19(15-33)32-9-7-31(3)8-10-32;1-10-7-11(2)14-13(8-10)15(23-22-14)18-21-16(19(24)25-3)17(26-18)12-5-4-6-20-9-12;1-9-6-10(2)13-12(7-9)14(22-21-13)17-20-15(18(23)24)16(25-17)11-4-3-5-19-8-11/h4-6,11-13,19H,7-10,14-15H2,1-3H3,(H,29,30);4-9H,1-3H3,(H,22,23);3-8H,1-2H3,(H,21,22)(H,23,24). The number of carboxylic acid groups (broad SMARTS) is 1. The average molecular weight is 1200 g/mol. The van der Waals surface area contributed by atoms with Gasteiger partial charge in [-0.15, -0.1) is 34.0 Å². The van der Waals surface area contributed by atoms with Gasteiger partial charge in [0.15, 0.2) is 11.4 Å². The van der Waals surface area contributed by atoms with Crippen LogP contribution in [0.1, 0.15) is 64.8 Å². The zero-order valence-electron chi connectivity index (χ0n) is 48.4. The van der Waals surface area contributed by atoms with Crippen molar-refractivity contribution in [1.29, 1.82) is 0 Å². The van der Waals surface area contributed by atoms with Gasteiger partial charge in [0.25, 0.3) is 5.91 Å². The summed E-state index contributed by atoms with van der Waals surface area (Å²) in [6.07, 6.45) is 10.2. The van der Waals surface area contributed by atoms with E-state index in [4.69, 9.17) is 9.72 Å².